The maximum absolute atomic E-state index is 13.0. The Morgan fingerprint density at radius 1 is 0.962 bits per heavy atom. The average Bonchev–Trinajstić information content (AvgIpc) is 2.52. The summed E-state index contributed by atoms with van der Waals surface area (Å²) in [6.45, 7) is 4.94. The molecule has 2 aromatic carbocycles. The Kier molecular flexibility index (Phi) is 5.39. The standard InChI is InChI=1S/C19H18F3NO3/c1-18(2,3)26-17(25)23-15-10-9-13(19(20,21)22)11-14(15)16(24)12-7-5-4-6-8-12/h4-11H,1-3H3,(H,23,25). The Labute approximate surface area is 149 Å². The molecule has 7 heteroatoms. The molecular weight excluding hydrogens is 347 g/mol. The van der Waals surface area contributed by atoms with Crippen LogP contribution >= 0.6 is 0 Å². The van der Waals surface area contributed by atoms with Gasteiger partial charge in [-0.2, -0.15) is 13.2 Å². The third kappa shape index (κ3) is 5.08. The average molecular weight is 365 g/mol. The first-order chi connectivity index (χ1) is 12.0. The Hall–Kier alpha value is -2.83. The number of carbonyl (C=O) groups excluding carboxylic acids is 2. The van der Waals surface area contributed by atoms with E-state index in [1.807, 2.05) is 0 Å². The van der Waals surface area contributed by atoms with Crippen LogP contribution in [0.25, 0.3) is 0 Å². The van der Waals surface area contributed by atoms with Gasteiger partial charge in [0.05, 0.1) is 11.3 Å². The molecule has 2 rings (SSSR count). The second kappa shape index (κ2) is 7.19. The summed E-state index contributed by atoms with van der Waals surface area (Å²) in [5.74, 6) is -0.636. The second-order valence-electron chi connectivity index (χ2n) is 6.58. The molecule has 0 aliphatic rings. The first-order valence-corrected chi connectivity index (χ1v) is 7.78. The van der Waals surface area contributed by atoms with Crippen LogP contribution in [0.2, 0.25) is 0 Å². The molecule has 0 saturated heterocycles. The van der Waals surface area contributed by atoms with Gasteiger partial charge in [-0.05, 0) is 39.0 Å². The molecule has 1 N–H and O–H groups in total. The highest BCUT2D eigenvalue weighted by Crippen LogP contribution is 2.33. The van der Waals surface area contributed by atoms with Crippen LogP contribution < -0.4 is 5.32 Å². The molecule has 4 nitrogen and oxygen atoms in total. The Morgan fingerprint density at radius 2 is 1.58 bits per heavy atom. The van der Waals surface area contributed by atoms with Crippen LogP contribution in [0.5, 0.6) is 0 Å². The highest BCUT2D eigenvalue weighted by molar-refractivity contribution is 6.13. The largest absolute Gasteiger partial charge is 0.444 e. The maximum Gasteiger partial charge on any atom is 0.416 e. The summed E-state index contributed by atoms with van der Waals surface area (Å²) >= 11 is 0. The van der Waals surface area contributed by atoms with Crippen molar-refractivity contribution in [2.75, 3.05) is 5.32 Å². The van der Waals surface area contributed by atoms with Crippen LogP contribution in [-0.2, 0) is 10.9 Å². The zero-order valence-electron chi connectivity index (χ0n) is 14.5. The lowest BCUT2D eigenvalue weighted by molar-refractivity contribution is -0.137. The quantitative estimate of drug-likeness (QED) is 0.753. The molecule has 26 heavy (non-hydrogen) atoms. The van der Waals surface area contributed by atoms with Crippen LogP contribution in [0.15, 0.2) is 48.5 Å². The molecule has 0 aliphatic heterocycles. The van der Waals surface area contributed by atoms with Crippen molar-refractivity contribution in [3.63, 3.8) is 0 Å². The number of ether oxygens (including phenoxy) is 1. The SMILES string of the molecule is CC(C)(C)OC(=O)Nc1ccc(C(F)(F)F)cc1C(=O)c1ccccc1. The molecule has 0 aliphatic carbocycles. The summed E-state index contributed by atoms with van der Waals surface area (Å²) < 4.78 is 44.2. The van der Waals surface area contributed by atoms with Gasteiger partial charge in [-0.25, -0.2) is 4.79 Å². The summed E-state index contributed by atoms with van der Waals surface area (Å²) in [4.78, 5) is 24.6. The predicted molar refractivity (Wildman–Crippen MR) is 91.2 cm³/mol. The van der Waals surface area contributed by atoms with Crippen molar-refractivity contribution >= 4 is 17.6 Å². The van der Waals surface area contributed by atoms with Gasteiger partial charge in [0.15, 0.2) is 5.78 Å². The molecule has 2 aromatic rings. The first kappa shape index (κ1) is 19.5. The minimum atomic E-state index is -4.61. The fourth-order valence-electron chi connectivity index (χ4n) is 2.18. The molecule has 0 spiro atoms. The van der Waals surface area contributed by atoms with E-state index < -0.39 is 29.2 Å². The zero-order valence-corrected chi connectivity index (χ0v) is 14.5. The molecule has 0 atom stereocenters. The lowest BCUT2D eigenvalue weighted by atomic mass is 9.99. The number of alkyl halides is 3. The smallest absolute Gasteiger partial charge is 0.416 e. The molecule has 0 saturated carbocycles. The van der Waals surface area contributed by atoms with Crippen LogP contribution in [0, 0.1) is 0 Å². The summed E-state index contributed by atoms with van der Waals surface area (Å²) in [7, 11) is 0. The normalized spacial score (nSPS) is 11.8. The van der Waals surface area contributed by atoms with Crippen molar-refractivity contribution in [3.05, 3.63) is 65.2 Å². The second-order valence-corrected chi connectivity index (χ2v) is 6.58. The van der Waals surface area contributed by atoms with Gasteiger partial charge in [-0.1, -0.05) is 30.3 Å². The zero-order chi connectivity index (χ0) is 19.5. The van der Waals surface area contributed by atoms with Crippen molar-refractivity contribution in [3.8, 4) is 0 Å². The third-order valence-corrected chi connectivity index (χ3v) is 3.26. The van der Waals surface area contributed by atoms with E-state index >= 15 is 0 Å². The van der Waals surface area contributed by atoms with Gasteiger partial charge in [0.2, 0.25) is 0 Å². The van der Waals surface area contributed by atoms with Crippen molar-refractivity contribution in [1.29, 1.82) is 0 Å². The highest BCUT2D eigenvalue weighted by atomic mass is 19.4. The fourth-order valence-corrected chi connectivity index (χ4v) is 2.18. The number of carbonyl (C=O) groups is 2. The minimum Gasteiger partial charge on any atom is -0.444 e. The molecule has 0 bridgehead atoms. The van der Waals surface area contributed by atoms with E-state index in [0.717, 1.165) is 18.2 Å². The third-order valence-electron chi connectivity index (χ3n) is 3.26. The Bertz CT molecular complexity index is 809. The number of ketones is 1. The molecule has 0 fully saturated rings. The van der Waals surface area contributed by atoms with E-state index in [1.165, 1.54) is 12.1 Å². The van der Waals surface area contributed by atoms with Crippen LogP contribution in [0.4, 0.5) is 23.7 Å². The van der Waals surface area contributed by atoms with Crippen LogP contribution in [0.3, 0.4) is 0 Å². The first-order valence-electron chi connectivity index (χ1n) is 7.78. The van der Waals surface area contributed by atoms with E-state index in [1.54, 1.807) is 39.0 Å². The molecule has 0 radical (unpaired) electrons. The van der Waals surface area contributed by atoms with E-state index in [4.69, 9.17) is 4.74 Å². The summed E-state index contributed by atoms with van der Waals surface area (Å²) in [5.41, 5.74) is -1.89. The maximum atomic E-state index is 13.0. The van der Waals surface area contributed by atoms with Gasteiger partial charge < -0.3 is 4.74 Å². The molecule has 0 unspecified atom stereocenters. The summed E-state index contributed by atoms with van der Waals surface area (Å²) in [5, 5.41) is 2.35. The predicted octanol–water partition coefficient (Wildman–Crippen LogP) is 5.28. The molecular formula is C19H18F3NO3. The van der Waals surface area contributed by atoms with Crippen molar-refractivity contribution < 1.29 is 27.5 Å². The number of amides is 1. The van der Waals surface area contributed by atoms with Gasteiger partial charge in [0, 0.05) is 11.1 Å². The van der Waals surface area contributed by atoms with Gasteiger partial charge >= 0.3 is 12.3 Å². The molecule has 1 amide bonds. The van der Waals surface area contributed by atoms with Crippen LogP contribution in [-0.4, -0.2) is 17.5 Å². The summed E-state index contributed by atoms with van der Waals surface area (Å²) in [6, 6.07) is 10.4. The number of benzene rings is 2. The monoisotopic (exact) mass is 365 g/mol. The lowest BCUT2D eigenvalue weighted by Crippen LogP contribution is -2.28. The van der Waals surface area contributed by atoms with Crippen molar-refractivity contribution in [2.45, 2.75) is 32.5 Å². The Morgan fingerprint density at radius 3 is 2.12 bits per heavy atom. The van der Waals surface area contributed by atoms with Crippen molar-refractivity contribution in [2.24, 2.45) is 0 Å². The number of halogens is 3. The van der Waals surface area contributed by atoms with E-state index in [-0.39, 0.29) is 16.8 Å². The summed E-state index contributed by atoms with van der Waals surface area (Å²) in [6.07, 6.45) is -5.48. The number of hydrogen-bond donors (Lipinski definition) is 1. The minimum absolute atomic E-state index is 0.0545. The van der Waals surface area contributed by atoms with Crippen molar-refractivity contribution in [1.82, 2.24) is 0 Å². The lowest BCUT2D eigenvalue weighted by Gasteiger charge is -2.20. The van der Waals surface area contributed by atoms with E-state index in [0.29, 0.717) is 0 Å². The number of anilines is 1. The van der Waals surface area contributed by atoms with Gasteiger partial charge in [-0.3, -0.25) is 10.1 Å². The van der Waals surface area contributed by atoms with Crippen LogP contribution in [0.1, 0.15) is 42.3 Å². The van der Waals surface area contributed by atoms with E-state index in [9.17, 15) is 22.8 Å². The Balaban J connectivity index is 2.44. The number of hydrogen-bond acceptors (Lipinski definition) is 3. The van der Waals surface area contributed by atoms with E-state index in [2.05, 4.69) is 5.32 Å². The number of rotatable bonds is 3. The molecule has 0 aromatic heterocycles. The highest BCUT2D eigenvalue weighted by Gasteiger charge is 2.32. The van der Waals surface area contributed by atoms with Gasteiger partial charge in [-0.15, -0.1) is 0 Å². The molecule has 0 heterocycles. The number of nitrogens with one attached hydrogen (secondary N) is 1. The topological polar surface area (TPSA) is 55.4 Å². The van der Waals surface area contributed by atoms with Gasteiger partial charge in [0.1, 0.15) is 5.60 Å². The van der Waals surface area contributed by atoms with Gasteiger partial charge in [0.25, 0.3) is 0 Å². The fraction of sp³-hybridized carbons (Fsp3) is 0.263. The molecule has 138 valence electrons.